The standard InChI is InChI=1S/C16H18N2O/c1-11-7-12(2)15-13(8-11)9-14(10-19)16(17-15)18-5-3-4-6-18/h7-10H,3-6H2,1-2H3. The molecule has 0 saturated carbocycles. The van der Waals surface area contributed by atoms with Gasteiger partial charge in [-0.15, -0.1) is 0 Å². The molecule has 3 rings (SSSR count). The second-order valence-corrected chi connectivity index (χ2v) is 5.37. The molecule has 0 aliphatic carbocycles. The highest BCUT2D eigenvalue weighted by atomic mass is 16.1. The van der Waals surface area contributed by atoms with Crippen molar-refractivity contribution >= 4 is 23.0 Å². The van der Waals surface area contributed by atoms with Gasteiger partial charge >= 0.3 is 0 Å². The third-order valence-corrected chi connectivity index (χ3v) is 3.79. The summed E-state index contributed by atoms with van der Waals surface area (Å²) in [4.78, 5) is 18.3. The second kappa shape index (κ2) is 4.65. The van der Waals surface area contributed by atoms with Gasteiger partial charge in [0, 0.05) is 18.5 Å². The molecule has 1 aromatic heterocycles. The monoisotopic (exact) mass is 254 g/mol. The summed E-state index contributed by atoms with van der Waals surface area (Å²) in [6, 6.07) is 6.21. The Kier molecular flexibility index (Phi) is 2.97. The van der Waals surface area contributed by atoms with Crippen molar-refractivity contribution in [2.45, 2.75) is 26.7 Å². The molecule has 98 valence electrons. The Hall–Kier alpha value is -1.90. The highest BCUT2D eigenvalue weighted by Crippen LogP contribution is 2.27. The first-order valence-electron chi connectivity index (χ1n) is 6.81. The van der Waals surface area contributed by atoms with Crippen molar-refractivity contribution in [2.75, 3.05) is 18.0 Å². The van der Waals surface area contributed by atoms with E-state index in [0.717, 1.165) is 36.1 Å². The number of carbonyl (C=O) groups excluding carboxylic acids is 1. The van der Waals surface area contributed by atoms with Crippen molar-refractivity contribution in [1.82, 2.24) is 4.98 Å². The smallest absolute Gasteiger partial charge is 0.153 e. The lowest BCUT2D eigenvalue weighted by Gasteiger charge is -2.19. The normalized spacial score (nSPS) is 15.2. The number of pyridine rings is 1. The van der Waals surface area contributed by atoms with Crippen LogP contribution in [-0.2, 0) is 0 Å². The third kappa shape index (κ3) is 2.09. The summed E-state index contributed by atoms with van der Waals surface area (Å²) in [5.74, 6) is 0.854. The van der Waals surface area contributed by atoms with E-state index in [1.54, 1.807) is 0 Å². The molecule has 0 radical (unpaired) electrons. The van der Waals surface area contributed by atoms with Gasteiger partial charge in [0.2, 0.25) is 0 Å². The quantitative estimate of drug-likeness (QED) is 0.771. The summed E-state index contributed by atoms with van der Waals surface area (Å²) in [5, 5.41) is 1.06. The topological polar surface area (TPSA) is 33.2 Å². The maximum atomic E-state index is 11.3. The van der Waals surface area contributed by atoms with E-state index in [9.17, 15) is 4.79 Å². The number of benzene rings is 1. The zero-order chi connectivity index (χ0) is 13.4. The molecule has 0 amide bonds. The van der Waals surface area contributed by atoms with Gasteiger partial charge in [0.25, 0.3) is 0 Å². The lowest BCUT2D eigenvalue weighted by atomic mass is 10.0. The maximum Gasteiger partial charge on any atom is 0.153 e. The first-order chi connectivity index (χ1) is 9.19. The van der Waals surface area contributed by atoms with Crippen LogP contribution >= 0.6 is 0 Å². The molecule has 0 atom stereocenters. The van der Waals surface area contributed by atoms with Crippen LogP contribution in [0.5, 0.6) is 0 Å². The number of rotatable bonds is 2. The van der Waals surface area contributed by atoms with E-state index in [0.29, 0.717) is 5.56 Å². The summed E-state index contributed by atoms with van der Waals surface area (Å²) in [6.07, 6.45) is 3.30. The van der Waals surface area contributed by atoms with Gasteiger partial charge in [0.15, 0.2) is 6.29 Å². The molecule has 1 aromatic carbocycles. The average molecular weight is 254 g/mol. The Morgan fingerprint density at radius 2 is 1.89 bits per heavy atom. The van der Waals surface area contributed by atoms with Crippen molar-refractivity contribution in [3.63, 3.8) is 0 Å². The molecule has 0 bridgehead atoms. The zero-order valence-electron chi connectivity index (χ0n) is 11.4. The summed E-state index contributed by atoms with van der Waals surface area (Å²) < 4.78 is 0. The Balaban J connectivity index is 2.23. The molecular weight excluding hydrogens is 236 g/mol. The number of anilines is 1. The number of aldehydes is 1. The fourth-order valence-corrected chi connectivity index (χ4v) is 2.93. The molecule has 0 unspecified atom stereocenters. The van der Waals surface area contributed by atoms with Crippen molar-refractivity contribution < 1.29 is 4.79 Å². The van der Waals surface area contributed by atoms with Crippen molar-refractivity contribution in [1.29, 1.82) is 0 Å². The molecule has 3 heteroatoms. The van der Waals surface area contributed by atoms with Crippen molar-refractivity contribution in [2.24, 2.45) is 0 Å². The van der Waals surface area contributed by atoms with Gasteiger partial charge in [0.05, 0.1) is 11.1 Å². The van der Waals surface area contributed by atoms with Gasteiger partial charge in [-0.1, -0.05) is 11.6 Å². The van der Waals surface area contributed by atoms with Gasteiger partial charge in [-0.3, -0.25) is 4.79 Å². The minimum atomic E-state index is 0.708. The number of carbonyl (C=O) groups is 1. The Bertz CT molecular complexity index is 643. The fourth-order valence-electron chi connectivity index (χ4n) is 2.93. The highest BCUT2D eigenvalue weighted by Gasteiger charge is 2.18. The van der Waals surface area contributed by atoms with Crippen LogP contribution in [0.25, 0.3) is 10.9 Å². The predicted octanol–water partition coefficient (Wildman–Crippen LogP) is 3.26. The SMILES string of the molecule is Cc1cc(C)c2nc(N3CCCC3)c(C=O)cc2c1. The summed E-state index contributed by atoms with van der Waals surface area (Å²) in [6.45, 7) is 6.16. The number of nitrogens with zero attached hydrogens (tertiary/aromatic N) is 2. The summed E-state index contributed by atoms with van der Waals surface area (Å²) in [5.41, 5.74) is 4.10. The molecule has 19 heavy (non-hydrogen) atoms. The predicted molar refractivity (Wildman–Crippen MR) is 78.1 cm³/mol. The number of fused-ring (bicyclic) bond motifs is 1. The molecule has 1 aliphatic heterocycles. The van der Waals surface area contributed by atoms with E-state index < -0.39 is 0 Å². The third-order valence-electron chi connectivity index (χ3n) is 3.79. The first kappa shape index (κ1) is 12.2. The fraction of sp³-hybridized carbons (Fsp3) is 0.375. The first-order valence-corrected chi connectivity index (χ1v) is 6.81. The maximum absolute atomic E-state index is 11.3. The van der Waals surface area contributed by atoms with Crippen LogP contribution in [0.2, 0.25) is 0 Å². The summed E-state index contributed by atoms with van der Waals surface area (Å²) >= 11 is 0. The van der Waals surface area contributed by atoms with E-state index in [1.807, 2.05) is 6.07 Å². The molecule has 1 aliphatic rings. The van der Waals surface area contributed by atoms with Gasteiger partial charge in [-0.25, -0.2) is 4.98 Å². The second-order valence-electron chi connectivity index (χ2n) is 5.37. The summed E-state index contributed by atoms with van der Waals surface area (Å²) in [7, 11) is 0. The lowest BCUT2D eigenvalue weighted by molar-refractivity contribution is 0.112. The van der Waals surface area contributed by atoms with Gasteiger partial charge in [-0.2, -0.15) is 0 Å². The van der Waals surface area contributed by atoms with Crippen LogP contribution in [0.15, 0.2) is 18.2 Å². The zero-order valence-corrected chi connectivity index (χ0v) is 11.4. The van der Waals surface area contributed by atoms with Gasteiger partial charge < -0.3 is 4.90 Å². The van der Waals surface area contributed by atoms with Crippen LogP contribution in [0.3, 0.4) is 0 Å². The van der Waals surface area contributed by atoms with Crippen LogP contribution in [0, 0.1) is 13.8 Å². The lowest BCUT2D eigenvalue weighted by Crippen LogP contribution is -2.20. The molecule has 3 nitrogen and oxygen atoms in total. The number of hydrogen-bond acceptors (Lipinski definition) is 3. The molecular formula is C16H18N2O. The Morgan fingerprint density at radius 3 is 2.58 bits per heavy atom. The van der Waals surface area contributed by atoms with Crippen LogP contribution in [0.4, 0.5) is 5.82 Å². The Morgan fingerprint density at radius 1 is 1.16 bits per heavy atom. The van der Waals surface area contributed by atoms with Crippen molar-refractivity contribution in [3.8, 4) is 0 Å². The largest absolute Gasteiger partial charge is 0.356 e. The minimum Gasteiger partial charge on any atom is -0.356 e. The van der Waals surface area contributed by atoms with Gasteiger partial charge in [-0.05, 0) is 44.4 Å². The molecule has 2 heterocycles. The van der Waals surface area contributed by atoms with E-state index >= 15 is 0 Å². The number of aryl methyl sites for hydroxylation is 2. The highest BCUT2D eigenvalue weighted by molar-refractivity contribution is 5.93. The van der Waals surface area contributed by atoms with Crippen LogP contribution in [0.1, 0.15) is 34.3 Å². The molecule has 1 saturated heterocycles. The molecule has 2 aromatic rings. The van der Waals surface area contributed by atoms with E-state index in [1.165, 1.54) is 24.0 Å². The van der Waals surface area contributed by atoms with E-state index in [-0.39, 0.29) is 0 Å². The molecule has 1 fully saturated rings. The van der Waals surface area contributed by atoms with E-state index in [2.05, 4.69) is 30.9 Å². The Labute approximate surface area is 113 Å². The van der Waals surface area contributed by atoms with Gasteiger partial charge in [0.1, 0.15) is 5.82 Å². The minimum absolute atomic E-state index is 0.708. The van der Waals surface area contributed by atoms with Crippen molar-refractivity contribution in [3.05, 3.63) is 34.9 Å². The van der Waals surface area contributed by atoms with Crippen LogP contribution < -0.4 is 4.90 Å². The number of aromatic nitrogens is 1. The average Bonchev–Trinajstić information content (AvgIpc) is 2.91. The van der Waals surface area contributed by atoms with E-state index in [4.69, 9.17) is 4.98 Å². The molecule has 0 N–H and O–H groups in total. The number of hydrogen-bond donors (Lipinski definition) is 0. The van der Waals surface area contributed by atoms with Crippen LogP contribution in [-0.4, -0.2) is 24.4 Å². The molecule has 0 spiro atoms.